The number of nitrogens with zero attached hydrogens (tertiary/aromatic N) is 3. The molecule has 0 atom stereocenters. The Kier molecular flexibility index (Phi) is 4.46. The predicted octanol–water partition coefficient (Wildman–Crippen LogP) is 2.76. The maximum atomic E-state index is 4.61. The van der Waals surface area contributed by atoms with E-state index in [4.69, 9.17) is 0 Å². The van der Waals surface area contributed by atoms with E-state index in [1.807, 2.05) is 18.6 Å². The van der Waals surface area contributed by atoms with Crippen molar-refractivity contribution in [3.8, 4) is 0 Å². The van der Waals surface area contributed by atoms with Crippen LogP contribution in [-0.2, 0) is 13.1 Å². The van der Waals surface area contributed by atoms with Crippen LogP contribution in [0.1, 0.15) is 30.9 Å². The van der Waals surface area contributed by atoms with Crippen molar-refractivity contribution in [3.05, 3.63) is 54.0 Å². The van der Waals surface area contributed by atoms with E-state index in [-0.39, 0.29) is 0 Å². The summed E-state index contributed by atoms with van der Waals surface area (Å²) in [6, 6.07) is 9.14. The zero-order chi connectivity index (χ0) is 14.5. The fraction of sp³-hybridized carbons (Fsp3) is 0.412. The van der Waals surface area contributed by atoms with Crippen molar-refractivity contribution in [2.45, 2.75) is 38.9 Å². The molecule has 0 bridgehead atoms. The van der Waals surface area contributed by atoms with Gasteiger partial charge in [0.25, 0.3) is 0 Å². The second-order valence-electron chi connectivity index (χ2n) is 5.55. The summed E-state index contributed by atoms with van der Waals surface area (Å²) in [5.74, 6) is 1.03. The molecule has 2 heterocycles. The van der Waals surface area contributed by atoms with E-state index in [2.05, 4.69) is 51.4 Å². The second-order valence-corrected chi connectivity index (χ2v) is 5.55. The van der Waals surface area contributed by atoms with Crippen molar-refractivity contribution >= 4 is 5.82 Å². The zero-order valence-corrected chi connectivity index (χ0v) is 12.5. The number of rotatable bonds is 7. The monoisotopic (exact) mass is 282 g/mol. The summed E-state index contributed by atoms with van der Waals surface area (Å²) in [6.07, 6.45) is 8.30. The Hall–Kier alpha value is -1.94. The molecule has 0 amide bonds. The van der Waals surface area contributed by atoms with Crippen LogP contribution in [0.15, 0.2) is 42.9 Å². The van der Waals surface area contributed by atoms with Gasteiger partial charge in [-0.2, -0.15) is 0 Å². The van der Waals surface area contributed by atoms with E-state index in [9.17, 15) is 0 Å². The molecule has 3 rings (SSSR count). The first-order chi connectivity index (χ1) is 10.3. The maximum Gasteiger partial charge on any atom is 0.128 e. The summed E-state index contributed by atoms with van der Waals surface area (Å²) in [5, 5.41) is 3.51. The molecule has 1 aliphatic carbocycles. The summed E-state index contributed by atoms with van der Waals surface area (Å²) < 4.78 is 0. The maximum absolute atomic E-state index is 4.61. The van der Waals surface area contributed by atoms with Crippen LogP contribution < -0.4 is 10.2 Å². The molecule has 0 spiro atoms. The Morgan fingerprint density at radius 1 is 1.14 bits per heavy atom. The number of nitrogens with one attached hydrogen (secondary N) is 1. The summed E-state index contributed by atoms with van der Waals surface area (Å²) >= 11 is 0. The van der Waals surface area contributed by atoms with Crippen molar-refractivity contribution in [1.82, 2.24) is 15.3 Å². The van der Waals surface area contributed by atoms with Crippen LogP contribution >= 0.6 is 0 Å². The third kappa shape index (κ3) is 4.02. The highest BCUT2D eigenvalue weighted by Crippen LogP contribution is 2.20. The van der Waals surface area contributed by atoms with Crippen molar-refractivity contribution in [3.63, 3.8) is 0 Å². The Bertz CT molecular complexity index is 549. The minimum atomic E-state index is 0.739. The van der Waals surface area contributed by atoms with Gasteiger partial charge in [-0.25, -0.2) is 4.98 Å². The van der Waals surface area contributed by atoms with Crippen LogP contribution in [0.3, 0.4) is 0 Å². The van der Waals surface area contributed by atoms with Crippen LogP contribution in [0.4, 0.5) is 5.82 Å². The molecular weight excluding hydrogens is 260 g/mol. The zero-order valence-electron chi connectivity index (χ0n) is 12.5. The summed E-state index contributed by atoms with van der Waals surface area (Å²) in [7, 11) is 0. The topological polar surface area (TPSA) is 41.1 Å². The minimum absolute atomic E-state index is 0.739. The molecule has 2 aromatic rings. The number of pyridine rings is 2. The highest BCUT2D eigenvalue weighted by Gasteiger charge is 2.19. The predicted molar refractivity (Wildman–Crippen MR) is 85.1 cm³/mol. The van der Waals surface area contributed by atoms with Gasteiger partial charge in [-0.1, -0.05) is 6.07 Å². The first-order valence-corrected chi connectivity index (χ1v) is 7.67. The van der Waals surface area contributed by atoms with E-state index in [0.717, 1.165) is 31.5 Å². The average molecular weight is 282 g/mol. The molecule has 110 valence electrons. The van der Waals surface area contributed by atoms with Gasteiger partial charge in [0.05, 0.1) is 0 Å². The van der Waals surface area contributed by atoms with Crippen molar-refractivity contribution in [2.75, 3.05) is 11.4 Å². The van der Waals surface area contributed by atoms with Crippen molar-refractivity contribution < 1.29 is 0 Å². The highest BCUT2D eigenvalue weighted by molar-refractivity contribution is 5.40. The fourth-order valence-corrected chi connectivity index (χ4v) is 2.32. The van der Waals surface area contributed by atoms with Gasteiger partial charge in [0.2, 0.25) is 0 Å². The van der Waals surface area contributed by atoms with Crippen LogP contribution in [0, 0.1) is 0 Å². The molecule has 0 aromatic carbocycles. The van der Waals surface area contributed by atoms with Gasteiger partial charge in [-0.05, 0) is 49.1 Å². The molecular formula is C17H22N4. The Balaban J connectivity index is 1.62. The van der Waals surface area contributed by atoms with Crippen LogP contribution in [0.2, 0.25) is 0 Å². The van der Waals surface area contributed by atoms with E-state index in [1.54, 1.807) is 0 Å². The molecule has 4 nitrogen and oxygen atoms in total. The molecule has 1 fully saturated rings. The molecule has 1 saturated carbocycles. The molecule has 2 aromatic heterocycles. The Morgan fingerprint density at radius 3 is 2.57 bits per heavy atom. The van der Waals surface area contributed by atoms with Gasteiger partial charge in [0.15, 0.2) is 0 Å². The molecule has 1 N–H and O–H groups in total. The minimum Gasteiger partial charge on any atom is -0.353 e. The molecule has 21 heavy (non-hydrogen) atoms. The molecule has 0 radical (unpaired) electrons. The lowest BCUT2D eigenvalue weighted by atomic mass is 10.2. The van der Waals surface area contributed by atoms with E-state index >= 15 is 0 Å². The summed E-state index contributed by atoms with van der Waals surface area (Å²) in [5.41, 5.74) is 2.51. The summed E-state index contributed by atoms with van der Waals surface area (Å²) in [4.78, 5) is 10.9. The smallest absolute Gasteiger partial charge is 0.128 e. The third-order valence-electron chi connectivity index (χ3n) is 3.81. The van der Waals surface area contributed by atoms with Gasteiger partial charge in [0, 0.05) is 44.3 Å². The standard InChI is InChI=1S/C17H22N4/c1-2-21(13-14-7-9-18-10-8-14)17-6-3-15(12-20-17)11-19-16-4-5-16/h3,6-10,12,16,19H,2,4-5,11,13H2,1H3. The van der Waals surface area contributed by atoms with E-state index in [0.29, 0.717) is 0 Å². The highest BCUT2D eigenvalue weighted by atomic mass is 15.2. The molecule has 0 aliphatic heterocycles. The molecule has 4 heteroatoms. The van der Waals surface area contributed by atoms with Gasteiger partial charge in [0.1, 0.15) is 5.82 Å². The Morgan fingerprint density at radius 2 is 1.95 bits per heavy atom. The fourth-order valence-electron chi connectivity index (χ4n) is 2.32. The normalized spacial score (nSPS) is 14.1. The molecule has 0 saturated heterocycles. The van der Waals surface area contributed by atoms with Gasteiger partial charge < -0.3 is 10.2 Å². The third-order valence-corrected chi connectivity index (χ3v) is 3.81. The lowest BCUT2D eigenvalue weighted by Gasteiger charge is -2.22. The molecule has 1 aliphatic rings. The van der Waals surface area contributed by atoms with E-state index in [1.165, 1.54) is 24.0 Å². The lowest BCUT2D eigenvalue weighted by molar-refractivity contribution is 0.685. The number of hydrogen-bond donors (Lipinski definition) is 1. The first kappa shape index (κ1) is 14.0. The quantitative estimate of drug-likeness (QED) is 0.848. The van der Waals surface area contributed by atoms with Gasteiger partial charge in [-0.3, -0.25) is 4.98 Å². The Labute approximate surface area is 126 Å². The van der Waals surface area contributed by atoms with Crippen LogP contribution in [-0.4, -0.2) is 22.6 Å². The first-order valence-electron chi connectivity index (χ1n) is 7.67. The summed E-state index contributed by atoms with van der Waals surface area (Å²) in [6.45, 7) is 4.89. The second kappa shape index (κ2) is 6.68. The van der Waals surface area contributed by atoms with Crippen molar-refractivity contribution in [1.29, 1.82) is 0 Å². The SMILES string of the molecule is CCN(Cc1ccncc1)c1ccc(CNC2CC2)cn1. The average Bonchev–Trinajstić information content (AvgIpc) is 3.37. The number of anilines is 1. The molecule has 0 unspecified atom stereocenters. The lowest BCUT2D eigenvalue weighted by Crippen LogP contribution is -2.23. The van der Waals surface area contributed by atoms with E-state index < -0.39 is 0 Å². The van der Waals surface area contributed by atoms with Gasteiger partial charge >= 0.3 is 0 Å². The largest absolute Gasteiger partial charge is 0.353 e. The van der Waals surface area contributed by atoms with Crippen LogP contribution in [0.25, 0.3) is 0 Å². The van der Waals surface area contributed by atoms with Crippen molar-refractivity contribution in [2.24, 2.45) is 0 Å². The number of aromatic nitrogens is 2. The van der Waals surface area contributed by atoms with Crippen LogP contribution in [0.5, 0.6) is 0 Å². The number of hydrogen-bond acceptors (Lipinski definition) is 4. The van der Waals surface area contributed by atoms with Gasteiger partial charge in [-0.15, -0.1) is 0 Å².